The molecular weight excluding hydrogens is 378 g/mol. The number of nitrogens with one attached hydrogen (secondary N) is 1. The molecule has 0 saturated carbocycles. The number of nitrogens with zero attached hydrogens (tertiary/aromatic N) is 2. The Morgan fingerprint density at radius 3 is 2.78 bits per heavy atom. The van der Waals surface area contributed by atoms with Crippen LogP contribution in [0.1, 0.15) is 21.4 Å². The molecule has 0 unspecified atom stereocenters. The van der Waals surface area contributed by atoms with Gasteiger partial charge in [-0.1, -0.05) is 12.1 Å². The third-order valence-electron chi connectivity index (χ3n) is 3.86. The predicted molar refractivity (Wildman–Crippen MR) is 94.7 cm³/mol. The van der Waals surface area contributed by atoms with Crippen molar-refractivity contribution in [3.63, 3.8) is 0 Å². The van der Waals surface area contributed by atoms with Gasteiger partial charge in [0.2, 0.25) is 5.91 Å². The van der Waals surface area contributed by atoms with Crippen molar-refractivity contribution in [3.05, 3.63) is 50.6 Å². The first-order chi connectivity index (χ1) is 11.0. The highest BCUT2D eigenvalue weighted by Gasteiger charge is 2.37. The van der Waals surface area contributed by atoms with Crippen LogP contribution in [0.5, 0.6) is 0 Å². The van der Waals surface area contributed by atoms with Crippen LogP contribution < -0.4 is 10.2 Å². The Kier molecular flexibility index (Phi) is 4.41. The Morgan fingerprint density at radius 2 is 2.13 bits per heavy atom. The van der Waals surface area contributed by atoms with E-state index >= 15 is 0 Å². The largest absolute Gasteiger partial charge is 0.358 e. The van der Waals surface area contributed by atoms with Crippen molar-refractivity contribution in [3.8, 4) is 0 Å². The Morgan fingerprint density at radius 1 is 1.39 bits per heavy atom. The first-order valence-corrected chi connectivity index (χ1v) is 8.77. The first kappa shape index (κ1) is 16.0. The zero-order valence-electron chi connectivity index (χ0n) is 12.7. The summed E-state index contributed by atoms with van der Waals surface area (Å²) < 4.78 is 0.970. The maximum absolute atomic E-state index is 12.7. The van der Waals surface area contributed by atoms with Crippen LogP contribution in [-0.4, -0.2) is 37.4 Å². The minimum Gasteiger partial charge on any atom is -0.358 e. The third kappa shape index (κ3) is 2.86. The molecule has 1 aliphatic rings. The zero-order chi connectivity index (χ0) is 16.6. The predicted octanol–water partition coefficient (Wildman–Crippen LogP) is 2.85. The molecule has 23 heavy (non-hydrogen) atoms. The molecule has 0 aliphatic carbocycles. The van der Waals surface area contributed by atoms with E-state index in [1.54, 1.807) is 36.4 Å². The fraction of sp³-hybridized carbons (Fsp3) is 0.250. The van der Waals surface area contributed by atoms with Crippen LogP contribution in [0.3, 0.4) is 0 Å². The van der Waals surface area contributed by atoms with Gasteiger partial charge in [0.05, 0.1) is 17.8 Å². The summed E-state index contributed by atoms with van der Waals surface area (Å²) in [5.74, 6) is -0.133. The average Bonchev–Trinajstić information content (AvgIpc) is 2.98. The summed E-state index contributed by atoms with van der Waals surface area (Å²) in [7, 11) is 3.39. The van der Waals surface area contributed by atoms with E-state index in [0.717, 1.165) is 15.0 Å². The second-order valence-electron chi connectivity index (χ2n) is 5.28. The lowest BCUT2D eigenvalue weighted by atomic mass is 10.0. The third-order valence-corrected chi connectivity index (χ3v) is 5.59. The van der Waals surface area contributed by atoms with Crippen molar-refractivity contribution >= 4 is 44.8 Å². The van der Waals surface area contributed by atoms with Gasteiger partial charge >= 0.3 is 0 Å². The van der Waals surface area contributed by atoms with Crippen molar-refractivity contribution in [1.82, 2.24) is 10.2 Å². The number of carbonyl (C=O) groups excluding carboxylic acids is 2. The number of fused-ring (bicyclic) bond motifs is 1. The van der Waals surface area contributed by atoms with Crippen LogP contribution in [0.15, 0.2) is 40.2 Å². The molecule has 2 aromatic rings. The number of halogens is 1. The fourth-order valence-corrected chi connectivity index (χ4v) is 4.36. The smallest absolute Gasteiger partial charge is 0.257 e. The number of hydrogen-bond donors (Lipinski definition) is 1. The summed E-state index contributed by atoms with van der Waals surface area (Å²) in [6.45, 7) is 0.186. The van der Waals surface area contributed by atoms with Crippen LogP contribution in [-0.2, 0) is 4.79 Å². The molecular formula is C16H16BrN3O2S. The molecule has 1 aromatic carbocycles. The lowest BCUT2D eigenvalue weighted by Gasteiger charge is -2.43. The maximum atomic E-state index is 12.7. The van der Waals surface area contributed by atoms with Gasteiger partial charge in [-0.25, -0.2) is 0 Å². The molecule has 120 valence electrons. The number of rotatable bonds is 3. The lowest BCUT2D eigenvalue weighted by Crippen LogP contribution is -2.50. The molecule has 5 nitrogen and oxygen atoms in total. The van der Waals surface area contributed by atoms with Gasteiger partial charge in [0.1, 0.15) is 6.17 Å². The first-order valence-electron chi connectivity index (χ1n) is 7.10. The number of likely N-dealkylation sites (N-methyl/N-ethyl adjacent to an activating group) is 1. The Labute approximate surface area is 147 Å². The van der Waals surface area contributed by atoms with E-state index in [1.807, 2.05) is 34.5 Å². The van der Waals surface area contributed by atoms with Gasteiger partial charge in [0, 0.05) is 28.8 Å². The van der Waals surface area contributed by atoms with Crippen molar-refractivity contribution in [1.29, 1.82) is 0 Å². The van der Waals surface area contributed by atoms with E-state index < -0.39 is 0 Å². The molecule has 1 N–H and O–H groups in total. The summed E-state index contributed by atoms with van der Waals surface area (Å²) in [5.41, 5.74) is 1.40. The van der Waals surface area contributed by atoms with E-state index in [1.165, 1.54) is 0 Å². The van der Waals surface area contributed by atoms with Gasteiger partial charge in [0.25, 0.3) is 5.91 Å². The molecule has 2 amide bonds. The molecule has 2 heterocycles. The van der Waals surface area contributed by atoms with Crippen LogP contribution in [0, 0.1) is 0 Å². The molecule has 7 heteroatoms. The Hall–Kier alpha value is -1.86. The van der Waals surface area contributed by atoms with E-state index in [2.05, 4.69) is 21.2 Å². The van der Waals surface area contributed by atoms with Crippen molar-refractivity contribution in [2.45, 2.75) is 6.17 Å². The summed E-state index contributed by atoms with van der Waals surface area (Å²) in [4.78, 5) is 29.4. The van der Waals surface area contributed by atoms with Crippen LogP contribution in [0.2, 0.25) is 0 Å². The van der Waals surface area contributed by atoms with Gasteiger partial charge in [0.15, 0.2) is 0 Å². The van der Waals surface area contributed by atoms with E-state index in [0.29, 0.717) is 5.56 Å². The quantitative estimate of drug-likeness (QED) is 0.871. The number of benzene rings is 1. The molecule has 0 fully saturated rings. The molecule has 1 aromatic heterocycles. The second-order valence-corrected chi connectivity index (χ2v) is 7.13. The minimum atomic E-state index is -0.300. The lowest BCUT2D eigenvalue weighted by molar-refractivity contribution is -0.119. The average molecular weight is 394 g/mol. The normalized spacial score (nSPS) is 17.2. The fourth-order valence-electron chi connectivity index (χ4n) is 2.76. The number of carbonyl (C=O) groups is 2. The van der Waals surface area contributed by atoms with Gasteiger partial charge in [-0.2, -0.15) is 0 Å². The topological polar surface area (TPSA) is 52.7 Å². The van der Waals surface area contributed by atoms with Crippen LogP contribution in [0.4, 0.5) is 5.69 Å². The summed E-state index contributed by atoms with van der Waals surface area (Å²) in [5, 5.41) is 4.63. The summed E-state index contributed by atoms with van der Waals surface area (Å²) in [6, 6.07) is 9.40. The number of amides is 2. The monoisotopic (exact) mass is 393 g/mol. The van der Waals surface area contributed by atoms with Crippen molar-refractivity contribution < 1.29 is 9.59 Å². The van der Waals surface area contributed by atoms with Gasteiger partial charge in [-0.05, 0) is 34.1 Å². The molecule has 1 aliphatic heterocycles. The molecule has 0 bridgehead atoms. The van der Waals surface area contributed by atoms with E-state index in [4.69, 9.17) is 0 Å². The SMILES string of the molecule is CNC(=O)CN1c2ccccc2C(=O)N(C)[C@@H]1c1cc(Br)cs1. The van der Waals surface area contributed by atoms with Gasteiger partial charge in [-0.3, -0.25) is 9.59 Å². The van der Waals surface area contributed by atoms with Crippen LogP contribution in [0.25, 0.3) is 0 Å². The Balaban J connectivity index is 2.12. The second kappa shape index (κ2) is 6.33. The van der Waals surface area contributed by atoms with Gasteiger partial charge in [-0.15, -0.1) is 11.3 Å². The van der Waals surface area contributed by atoms with Crippen molar-refractivity contribution in [2.24, 2.45) is 0 Å². The van der Waals surface area contributed by atoms with Crippen molar-refractivity contribution in [2.75, 3.05) is 25.5 Å². The standard InChI is InChI=1S/C16H16BrN3O2S/c1-18-14(21)8-20-12-6-4-3-5-11(12)16(22)19(2)15(20)13-7-10(17)9-23-13/h3-7,9,15H,8H2,1-2H3,(H,18,21)/t15-/m0/s1. The molecule has 1 atom stereocenters. The number of para-hydroxylation sites is 1. The number of hydrogen-bond acceptors (Lipinski definition) is 4. The zero-order valence-corrected chi connectivity index (χ0v) is 15.1. The molecule has 0 saturated heterocycles. The summed E-state index contributed by atoms with van der Waals surface area (Å²) >= 11 is 5.02. The number of anilines is 1. The summed E-state index contributed by atoms with van der Waals surface area (Å²) in [6.07, 6.45) is -0.300. The Bertz CT molecular complexity index is 761. The van der Waals surface area contributed by atoms with Gasteiger partial charge < -0.3 is 15.1 Å². The van der Waals surface area contributed by atoms with Crippen LogP contribution >= 0.6 is 27.3 Å². The number of thiophene rings is 1. The van der Waals surface area contributed by atoms with E-state index in [-0.39, 0.29) is 24.5 Å². The highest BCUT2D eigenvalue weighted by atomic mass is 79.9. The molecule has 0 spiro atoms. The van der Waals surface area contributed by atoms with E-state index in [9.17, 15) is 9.59 Å². The maximum Gasteiger partial charge on any atom is 0.257 e. The highest BCUT2D eigenvalue weighted by Crippen LogP contribution is 2.40. The molecule has 0 radical (unpaired) electrons. The molecule has 3 rings (SSSR count). The highest BCUT2D eigenvalue weighted by molar-refractivity contribution is 9.10. The minimum absolute atomic E-state index is 0.0386.